The van der Waals surface area contributed by atoms with Gasteiger partial charge in [0.2, 0.25) is 0 Å². The number of hydrogen-bond acceptors (Lipinski definition) is 5. The maximum absolute atomic E-state index is 5.23. The van der Waals surface area contributed by atoms with Gasteiger partial charge in [-0.1, -0.05) is 133 Å². The van der Waals surface area contributed by atoms with E-state index in [0.717, 1.165) is 33.4 Å². The molecular formula is C45H27N3S2. The Hall–Kier alpha value is -6.01. The van der Waals surface area contributed by atoms with E-state index in [4.69, 9.17) is 15.0 Å². The highest BCUT2D eigenvalue weighted by atomic mass is 32.1. The van der Waals surface area contributed by atoms with Crippen molar-refractivity contribution in [2.24, 2.45) is 0 Å². The molecule has 234 valence electrons. The SMILES string of the molecule is c1ccc(-c2ccccc2-c2nc(-c3cccc(-c4ccc5c(c4)sc4ccccc45)c3)nc(-c3cccc4c3sc3ccccc34)n2)cc1. The van der Waals surface area contributed by atoms with Crippen molar-refractivity contribution >= 4 is 63.0 Å². The summed E-state index contributed by atoms with van der Waals surface area (Å²) in [6, 6.07) is 57.9. The fraction of sp³-hybridized carbons (Fsp3) is 0. The van der Waals surface area contributed by atoms with Crippen molar-refractivity contribution in [3.63, 3.8) is 0 Å². The van der Waals surface area contributed by atoms with E-state index < -0.39 is 0 Å². The standard InChI is InChI=1S/C45H27N3S2/c1-2-12-28(13-3-1)32-16-4-5-19-37(32)44-46-43(47-45(48-44)38-21-11-20-36-34-18-7-9-23-40(34)50-42(36)38)31-15-10-14-29(26-31)30-24-25-35-33-17-6-8-22-39(33)49-41(35)27-30/h1-27H. The van der Waals surface area contributed by atoms with Crippen LogP contribution < -0.4 is 0 Å². The van der Waals surface area contributed by atoms with Gasteiger partial charge in [-0.15, -0.1) is 22.7 Å². The molecule has 0 bridgehead atoms. The second-order valence-electron chi connectivity index (χ2n) is 12.4. The van der Waals surface area contributed by atoms with E-state index in [0.29, 0.717) is 17.5 Å². The van der Waals surface area contributed by atoms with E-state index in [-0.39, 0.29) is 0 Å². The van der Waals surface area contributed by atoms with Crippen LogP contribution in [-0.4, -0.2) is 15.0 Å². The minimum Gasteiger partial charge on any atom is -0.208 e. The van der Waals surface area contributed by atoms with Gasteiger partial charge in [0.05, 0.1) is 0 Å². The molecule has 3 aromatic heterocycles. The number of fused-ring (bicyclic) bond motifs is 6. The molecule has 10 aromatic rings. The summed E-state index contributed by atoms with van der Waals surface area (Å²) >= 11 is 3.63. The monoisotopic (exact) mass is 673 g/mol. The average Bonchev–Trinajstić information content (AvgIpc) is 3.76. The van der Waals surface area contributed by atoms with Crippen LogP contribution in [0.5, 0.6) is 0 Å². The van der Waals surface area contributed by atoms with Gasteiger partial charge < -0.3 is 0 Å². The van der Waals surface area contributed by atoms with Gasteiger partial charge in [-0.2, -0.15) is 0 Å². The van der Waals surface area contributed by atoms with Gasteiger partial charge in [0.15, 0.2) is 17.5 Å². The fourth-order valence-corrected chi connectivity index (χ4v) is 9.32. The van der Waals surface area contributed by atoms with Crippen molar-refractivity contribution in [2.45, 2.75) is 0 Å². The van der Waals surface area contributed by atoms with Crippen LogP contribution in [0.2, 0.25) is 0 Å². The van der Waals surface area contributed by atoms with Crippen molar-refractivity contribution in [3.8, 4) is 56.4 Å². The predicted molar refractivity (Wildman–Crippen MR) is 213 cm³/mol. The lowest BCUT2D eigenvalue weighted by Crippen LogP contribution is -2.01. The van der Waals surface area contributed by atoms with Gasteiger partial charge in [-0.25, -0.2) is 15.0 Å². The van der Waals surface area contributed by atoms with E-state index in [2.05, 4.69) is 158 Å². The summed E-state index contributed by atoms with van der Waals surface area (Å²) in [5.74, 6) is 1.97. The molecule has 0 N–H and O–H groups in total. The van der Waals surface area contributed by atoms with Crippen LogP contribution in [0.1, 0.15) is 0 Å². The molecule has 0 aliphatic heterocycles. The molecule has 50 heavy (non-hydrogen) atoms. The van der Waals surface area contributed by atoms with Crippen molar-refractivity contribution in [3.05, 3.63) is 164 Å². The largest absolute Gasteiger partial charge is 0.208 e. The van der Waals surface area contributed by atoms with Crippen LogP contribution in [0.25, 0.3) is 96.8 Å². The molecule has 0 aliphatic rings. The van der Waals surface area contributed by atoms with Crippen LogP contribution in [0.3, 0.4) is 0 Å². The topological polar surface area (TPSA) is 38.7 Å². The summed E-state index contributed by atoms with van der Waals surface area (Å²) in [6.07, 6.45) is 0. The van der Waals surface area contributed by atoms with Crippen LogP contribution in [0.4, 0.5) is 0 Å². The molecular weight excluding hydrogens is 647 g/mol. The summed E-state index contributed by atoms with van der Waals surface area (Å²) < 4.78 is 5.02. The Morgan fingerprint density at radius 2 is 0.840 bits per heavy atom. The van der Waals surface area contributed by atoms with Crippen LogP contribution in [0, 0.1) is 0 Å². The summed E-state index contributed by atoms with van der Waals surface area (Å²) in [4.78, 5) is 15.7. The highest BCUT2D eigenvalue weighted by molar-refractivity contribution is 7.26. The predicted octanol–water partition coefficient (Wildman–Crippen LogP) is 12.9. The molecule has 3 heterocycles. The zero-order valence-electron chi connectivity index (χ0n) is 26.7. The summed E-state index contributed by atoms with van der Waals surface area (Å²) in [5.41, 5.74) is 7.44. The van der Waals surface area contributed by atoms with Crippen LogP contribution in [0.15, 0.2) is 164 Å². The number of nitrogens with zero attached hydrogens (tertiary/aromatic N) is 3. The summed E-state index contributed by atoms with van der Waals surface area (Å²) in [6.45, 7) is 0. The zero-order chi connectivity index (χ0) is 33.0. The lowest BCUT2D eigenvalue weighted by Gasteiger charge is -2.13. The maximum Gasteiger partial charge on any atom is 0.165 e. The lowest BCUT2D eigenvalue weighted by molar-refractivity contribution is 1.08. The molecule has 0 fully saturated rings. The van der Waals surface area contributed by atoms with Crippen molar-refractivity contribution in [1.82, 2.24) is 15.0 Å². The minimum atomic E-state index is 0.649. The van der Waals surface area contributed by atoms with Gasteiger partial charge in [0.25, 0.3) is 0 Å². The molecule has 0 saturated heterocycles. The van der Waals surface area contributed by atoms with Gasteiger partial charge >= 0.3 is 0 Å². The molecule has 0 saturated carbocycles. The molecule has 0 amide bonds. The molecule has 3 nitrogen and oxygen atoms in total. The molecule has 10 rings (SSSR count). The molecule has 0 aliphatic carbocycles. The Kier molecular flexibility index (Phi) is 6.86. The van der Waals surface area contributed by atoms with Crippen molar-refractivity contribution < 1.29 is 0 Å². The Morgan fingerprint density at radius 1 is 0.300 bits per heavy atom. The molecule has 0 radical (unpaired) electrons. The van der Waals surface area contributed by atoms with E-state index in [1.165, 1.54) is 45.9 Å². The summed E-state index contributed by atoms with van der Waals surface area (Å²) in [5, 5.41) is 5.07. The molecule has 0 unspecified atom stereocenters. The third-order valence-corrected chi connectivity index (χ3v) is 11.7. The number of thiophene rings is 2. The van der Waals surface area contributed by atoms with E-state index in [9.17, 15) is 0 Å². The Labute approximate surface area is 296 Å². The minimum absolute atomic E-state index is 0.649. The maximum atomic E-state index is 5.23. The van der Waals surface area contributed by atoms with E-state index >= 15 is 0 Å². The van der Waals surface area contributed by atoms with Crippen molar-refractivity contribution in [2.75, 3.05) is 0 Å². The number of hydrogen-bond donors (Lipinski definition) is 0. The first-order valence-corrected chi connectivity index (χ1v) is 18.2. The molecule has 7 aromatic carbocycles. The third-order valence-electron chi connectivity index (χ3n) is 9.37. The van der Waals surface area contributed by atoms with Crippen LogP contribution in [-0.2, 0) is 0 Å². The van der Waals surface area contributed by atoms with Gasteiger partial charge in [-0.05, 0) is 52.6 Å². The fourth-order valence-electron chi connectivity index (χ4n) is 6.96. The lowest BCUT2D eigenvalue weighted by atomic mass is 9.99. The Balaban J connectivity index is 1.17. The molecule has 0 atom stereocenters. The second kappa shape index (κ2) is 11.8. The smallest absolute Gasteiger partial charge is 0.165 e. The Morgan fingerprint density at radius 3 is 1.68 bits per heavy atom. The number of benzene rings is 7. The van der Waals surface area contributed by atoms with E-state index in [1.807, 2.05) is 17.4 Å². The first-order valence-electron chi connectivity index (χ1n) is 16.6. The average molecular weight is 674 g/mol. The van der Waals surface area contributed by atoms with E-state index in [1.54, 1.807) is 11.3 Å². The normalized spacial score (nSPS) is 11.6. The highest BCUT2D eigenvalue weighted by Gasteiger charge is 2.19. The number of rotatable bonds is 5. The van der Waals surface area contributed by atoms with Crippen LogP contribution >= 0.6 is 22.7 Å². The van der Waals surface area contributed by atoms with Gasteiger partial charge in [0.1, 0.15) is 0 Å². The quantitative estimate of drug-likeness (QED) is 0.182. The number of aromatic nitrogens is 3. The first kappa shape index (κ1) is 29.0. The molecule has 5 heteroatoms. The third kappa shape index (κ3) is 4.90. The van der Waals surface area contributed by atoms with Gasteiger partial charge in [-0.3, -0.25) is 0 Å². The Bertz CT molecular complexity index is 2890. The zero-order valence-corrected chi connectivity index (χ0v) is 28.4. The van der Waals surface area contributed by atoms with Crippen molar-refractivity contribution in [1.29, 1.82) is 0 Å². The first-order chi connectivity index (χ1) is 24.8. The highest BCUT2D eigenvalue weighted by Crippen LogP contribution is 2.41. The van der Waals surface area contributed by atoms with Gasteiger partial charge in [0, 0.05) is 57.0 Å². The molecule has 0 spiro atoms. The summed E-state index contributed by atoms with van der Waals surface area (Å²) in [7, 11) is 0. The second-order valence-corrected chi connectivity index (χ2v) is 14.5.